The summed E-state index contributed by atoms with van der Waals surface area (Å²) in [6.07, 6.45) is 0.969. The molecule has 0 aromatic heterocycles. The summed E-state index contributed by atoms with van der Waals surface area (Å²) in [4.78, 5) is 22.4. The van der Waals surface area contributed by atoms with Crippen LogP contribution in [0.15, 0.2) is 22.7 Å². The standard InChI is InChI=1S/C12H14BrNO4/c1-18-6-2-3-11(15)14-8-4-5-10(13)9(7-8)12(16)17/h4-5,7H,2-3,6H2,1H3,(H,14,15)(H,16,17). The number of anilines is 1. The van der Waals surface area contributed by atoms with E-state index in [1.54, 1.807) is 19.2 Å². The fraction of sp³-hybridized carbons (Fsp3) is 0.333. The third-order valence-electron chi connectivity index (χ3n) is 2.23. The Balaban J connectivity index is 2.65. The lowest BCUT2D eigenvalue weighted by molar-refractivity contribution is -0.116. The van der Waals surface area contributed by atoms with Crippen molar-refractivity contribution < 1.29 is 19.4 Å². The molecule has 0 fully saturated rings. The summed E-state index contributed by atoms with van der Waals surface area (Å²) < 4.78 is 5.32. The summed E-state index contributed by atoms with van der Waals surface area (Å²) in [6, 6.07) is 4.65. The van der Waals surface area contributed by atoms with E-state index in [1.807, 2.05) is 0 Å². The Morgan fingerprint density at radius 1 is 1.44 bits per heavy atom. The number of carbonyl (C=O) groups is 2. The van der Waals surface area contributed by atoms with E-state index in [0.29, 0.717) is 29.6 Å². The number of nitrogens with one attached hydrogen (secondary N) is 1. The summed E-state index contributed by atoms with van der Waals surface area (Å²) >= 11 is 3.14. The summed E-state index contributed by atoms with van der Waals surface area (Å²) in [7, 11) is 1.58. The van der Waals surface area contributed by atoms with Crippen LogP contribution in [-0.2, 0) is 9.53 Å². The average Bonchev–Trinajstić information content (AvgIpc) is 2.31. The van der Waals surface area contributed by atoms with Gasteiger partial charge in [0.1, 0.15) is 0 Å². The minimum atomic E-state index is -1.04. The van der Waals surface area contributed by atoms with Gasteiger partial charge in [-0.1, -0.05) is 0 Å². The quantitative estimate of drug-likeness (QED) is 0.791. The van der Waals surface area contributed by atoms with E-state index in [1.165, 1.54) is 6.07 Å². The molecule has 0 aliphatic rings. The highest BCUT2D eigenvalue weighted by Gasteiger charge is 2.10. The molecule has 0 spiro atoms. The van der Waals surface area contributed by atoms with Crippen LogP contribution in [0.1, 0.15) is 23.2 Å². The van der Waals surface area contributed by atoms with Crippen LogP contribution in [0.4, 0.5) is 5.69 Å². The van der Waals surface area contributed by atoms with Crippen molar-refractivity contribution in [2.75, 3.05) is 19.0 Å². The fourth-order valence-corrected chi connectivity index (χ4v) is 1.78. The molecule has 0 saturated carbocycles. The molecule has 1 amide bonds. The minimum absolute atomic E-state index is 0.115. The molecule has 0 atom stereocenters. The summed E-state index contributed by atoms with van der Waals surface area (Å²) in [5.41, 5.74) is 0.586. The minimum Gasteiger partial charge on any atom is -0.478 e. The SMILES string of the molecule is COCCCC(=O)Nc1ccc(Br)c(C(=O)O)c1. The van der Waals surface area contributed by atoms with Gasteiger partial charge < -0.3 is 15.2 Å². The molecule has 98 valence electrons. The van der Waals surface area contributed by atoms with Crippen molar-refractivity contribution in [1.82, 2.24) is 0 Å². The summed E-state index contributed by atoms with van der Waals surface area (Å²) in [6.45, 7) is 0.522. The van der Waals surface area contributed by atoms with Gasteiger partial charge in [-0.3, -0.25) is 4.79 Å². The largest absolute Gasteiger partial charge is 0.478 e. The molecule has 1 aromatic carbocycles. The number of benzene rings is 1. The zero-order chi connectivity index (χ0) is 13.5. The van der Waals surface area contributed by atoms with Crippen LogP contribution in [0.25, 0.3) is 0 Å². The first-order valence-corrected chi connectivity index (χ1v) is 6.15. The monoisotopic (exact) mass is 315 g/mol. The molecule has 0 radical (unpaired) electrons. The molecule has 0 unspecified atom stereocenters. The van der Waals surface area contributed by atoms with Crippen molar-refractivity contribution in [1.29, 1.82) is 0 Å². The highest BCUT2D eigenvalue weighted by molar-refractivity contribution is 9.10. The first-order chi connectivity index (χ1) is 8.54. The van der Waals surface area contributed by atoms with Gasteiger partial charge in [-0.2, -0.15) is 0 Å². The molecule has 0 aliphatic carbocycles. The van der Waals surface area contributed by atoms with Crippen molar-refractivity contribution in [3.05, 3.63) is 28.2 Å². The van der Waals surface area contributed by atoms with E-state index in [2.05, 4.69) is 21.2 Å². The Morgan fingerprint density at radius 3 is 2.78 bits per heavy atom. The molecule has 0 saturated heterocycles. The van der Waals surface area contributed by atoms with Crippen LogP contribution < -0.4 is 5.32 Å². The van der Waals surface area contributed by atoms with Crippen molar-refractivity contribution in [3.8, 4) is 0 Å². The maximum absolute atomic E-state index is 11.5. The van der Waals surface area contributed by atoms with E-state index in [-0.39, 0.29) is 11.5 Å². The van der Waals surface area contributed by atoms with E-state index >= 15 is 0 Å². The van der Waals surface area contributed by atoms with Crippen molar-refractivity contribution in [2.45, 2.75) is 12.8 Å². The molecule has 0 bridgehead atoms. The van der Waals surface area contributed by atoms with Crippen molar-refractivity contribution in [2.24, 2.45) is 0 Å². The Labute approximate surface area is 113 Å². The van der Waals surface area contributed by atoms with Gasteiger partial charge in [0.05, 0.1) is 5.56 Å². The van der Waals surface area contributed by atoms with Crippen LogP contribution in [-0.4, -0.2) is 30.7 Å². The molecular weight excluding hydrogens is 302 g/mol. The van der Waals surface area contributed by atoms with E-state index < -0.39 is 5.97 Å². The molecule has 18 heavy (non-hydrogen) atoms. The zero-order valence-electron chi connectivity index (χ0n) is 9.90. The molecule has 2 N–H and O–H groups in total. The number of rotatable bonds is 6. The Kier molecular flexibility index (Phi) is 5.80. The van der Waals surface area contributed by atoms with Gasteiger partial charge in [-0.15, -0.1) is 0 Å². The summed E-state index contributed by atoms with van der Waals surface area (Å²) in [5.74, 6) is -1.21. The Morgan fingerprint density at radius 2 is 2.17 bits per heavy atom. The van der Waals surface area contributed by atoms with Gasteiger partial charge in [0.2, 0.25) is 5.91 Å². The average molecular weight is 316 g/mol. The number of aromatic carboxylic acids is 1. The van der Waals surface area contributed by atoms with E-state index in [4.69, 9.17) is 9.84 Å². The molecule has 1 rings (SSSR count). The first-order valence-electron chi connectivity index (χ1n) is 5.36. The van der Waals surface area contributed by atoms with Crippen LogP contribution in [0.2, 0.25) is 0 Å². The lowest BCUT2D eigenvalue weighted by atomic mass is 10.2. The lowest BCUT2D eigenvalue weighted by Crippen LogP contribution is -2.12. The first kappa shape index (κ1) is 14.7. The number of hydrogen-bond donors (Lipinski definition) is 2. The van der Waals surface area contributed by atoms with Crippen molar-refractivity contribution >= 4 is 33.5 Å². The second-order valence-corrected chi connectivity index (χ2v) is 4.50. The molecule has 5 nitrogen and oxygen atoms in total. The van der Waals surface area contributed by atoms with Gasteiger partial charge in [0, 0.05) is 30.3 Å². The van der Waals surface area contributed by atoms with Gasteiger partial charge in [0.25, 0.3) is 0 Å². The van der Waals surface area contributed by atoms with Crippen LogP contribution in [0.5, 0.6) is 0 Å². The van der Waals surface area contributed by atoms with Crippen LogP contribution in [0, 0.1) is 0 Å². The second-order valence-electron chi connectivity index (χ2n) is 3.64. The fourth-order valence-electron chi connectivity index (χ4n) is 1.37. The lowest BCUT2D eigenvalue weighted by Gasteiger charge is -2.07. The number of carbonyl (C=O) groups excluding carboxylic acids is 1. The highest BCUT2D eigenvalue weighted by Crippen LogP contribution is 2.21. The smallest absolute Gasteiger partial charge is 0.336 e. The maximum Gasteiger partial charge on any atom is 0.336 e. The maximum atomic E-state index is 11.5. The second kappa shape index (κ2) is 7.13. The number of ether oxygens (including phenoxy) is 1. The third kappa shape index (κ3) is 4.46. The normalized spacial score (nSPS) is 10.1. The van der Waals surface area contributed by atoms with Gasteiger partial charge in [-0.05, 0) is 40.5 Å². The number of carboxylic acids is 1. The number of hydrogen-bond acceptors (Lipinski definition) is 3. The predicted octanol–water partition coefficient (Wildman–Crippen LogP) is 2.51. The Bertz CT molecular complexity index is 448. The molecule has 1 aromatic rings. The number of methoxy groups -OCH3 is 1. The predicted molar refractivity (Wildman–Crippen MR) is 70.8 cm³/mol. The topological polar surface area (TPSA) is 75.6 Å². The highest BCUT2D eigenvalue weighted by atomic mass is 79.9. The molecule has 0 aliphatic heterocycles. The number of halogens is 1. The Hall–Kier alpha value is -1.40. The third-order valence-corrected chi connectivity index (χ3v) is 2.92. The molecular formula is C12H14BrNO4. The van der Waals surface area contributed by atoms with Crippen LogP contribution >= 0.6 is 15.9 Å². The summed E-state index contributed by atoms with van der Waals surface area (Å²) in [5, 5.41) is 11.6. The van der Waals surface area contributed by atoms with Gasteiger partial charge in [0.15, 0.2) is 0 Å². The number of amides is 1. The van der Waals surface area contributed by atoms with Gasteiger partial charge in [-0.25, -0.2) is 4.79 Å². The molecule has 6 heteroatoms. The van der Waals surface area contributed by atoms with Crippen molar-refractivity contribution in [3.63, 3.8) is 0 Å². The number of carboxylic acid groups (broad SMARTS) is 1. The van der Waals surface area contributed by atoms with E-state index in [9.17, 15) is 9.59 Å². The zero-order valence-corrected chi connectivity index (χ0v) is 11.5. The van der Waals surface area contributed by atoms with Gasteiger partial charge >= 0.3 is 5.97 Å². The molecule has 0 heterocycles. The van der Waals surface area contributed by atoms with Crippen LogP contribution in [0.3, 0.4) is 0 Å². The van der Waals surface area contributed by atoms with E-state index in [0.717, 1.165) is 0 Å².